The fourth-order valence-corrected chi connectivity index (χ4v) is 0.636. The van der Waals surface area contributed by atoms with Crippen molar-refractivity contribution in [3.8, 4) is 0 Å². The molecule has 0 saturated heterocycles. The molecule has 1 aromatic heterocycles. The lowest BCUT2D eigenvalue weighted by Gasteiger charge is -2.13. The maximum atomic E-state index is 11.2. The third kappa shape index (κ3) is 2.68. The maximum Gasteiger partial charge on any atom is 0.346 e. The van der Waals surface area contributed by atoms with Gasteiger partial charge in [0.1, 0.15) is 12.1 Å². The zero-order valence-corrected chi connectivity index (χ0v) is 7.39. The predicted octanol–water partition coefficient (Wildman–Crippen LogP) is 0.502. The minimum absolute atomic E-state index is 0.388. The summed E-state index contributed by atoms with van der Waals surface area (Å²) in [5, 5.41) is 3.56. The third-order valence-corrected chi connectivity index (χ3v) is 1.38. The third-order valence-electron chi connectivity index (χ3n) is 1.38. The van der Waals surface area contributed by atoms with Gasteiger partial charge in [-0.1, -0.05) is 0 Å². The van der Waals surface area contributed by atoms with Crippen LogP contribution >= 0.6 is 0 Å². The molecule has 2 amide bonds. The Morgan fingerprint density at radius 2 is 2.46 bits per heavy atom. The number of hydroxylamine groups is 2. The van der Waals surface area contributed by atoms with Crippen molar-refractivity contribution in [2.75, 3.05) is 19.5 Å². The van der Waals surface area contributed by atoms with E-state index in [4.69, 9.17) is 0 Å². The van der Waals surface area contributed by atoms with Gasteiger partial charge in [0.2, 0.25) is 0 Å². The van der Waals surface area contributed by atoms with E-state index in [9.17, 15) is 4.79 Å². The maximum absolute atomic E-state index is 11.2. The number of hydrogen-bond acceptors (Lipinski definition) is 4. The number of rotatable bonds is 2. The topological polar surface area (TPSA) is 67.3 Å². The SMILES string of the molecule is CON(C)C(=O)Nc1ccncn1. The summed E-state index contributed by atoms with van der Waals surface area (Å²) < 4.78 is 0. The average molecular weight is 182 g/mol. The summed E-state index contributed by atoms with van der Waals surface area (Å²) in [5.74, 6) is 0.434. The highest BCUT2D eigenvalue weighted by Crippen LogP contribution is 1.99. The Kier molecular flexibility index (Phi) is 3.15. The molecule has 0 bridgehead atoms. The Morgan fingerprint density at radius 3 is 3.00 bits per heavy atom. The van der Waals surface area contributed by atoms with Crippen molar-refractivity contribution in [3.05, 3.63) is 18.6 Å². The molecule has 13 heavy (non-hydrogen) atoms. The van der Waals surface area contributed by atoms with Gasteiger partial charge >= 0.3 is 6.03 Å². The Hall–Kier alpha value is -1.69. The highest BCUT2D eigenvalue weighted by molar-refractivity contribution is 5.87. The van der Waals surface area contributed by atoms with Gasteiger partial charge in [-0.05, 0) is 6.07 Å². The molecule has 0 radical (unpaired) electrons. The first-order chi connectivity index (χ1) is 6.24. The number of anilines is 1. The van der Waals surface area contributed by atoms with Crippen molar-refractivity contribution in [2.24, 2.45) is 0 Å². The normalized spacial score (nSPS) is 9.38. The second-order valence-electron chi connectivity index (χ2n) is 2.20. The lowest BCUT2D eigenvalue weighted by Crippen LogP contribution is -2.30. The average Bonchev–Trinajstić information content (AvgIpc) is 2.18. The molecule has 1 rings (SSSR count). The number of amides is 2. The van der Waals surface area contributed by atoms with Crippen LogP contribution in [0.15, 0.2) is 18.6 Å². The number of carbonyl (C=O) groups is 1. The Bertz CT molecular complexity index is 277. The molecule has 6 nitrogen and oxygen atoms in total. The van der Waals surface area contributed by atoms with Gasteiger partial charge in [0.25, 0.3) is 0 Å². The van der Waals surface area contributed by atoms with E-state index < -0.39 is 0 Å². The molecule has 0 aliphatic heterocycles. The molecule has 0 aromatic carbocycles. The van der Waals surface area contributed by atoms with Crippen LogP contribution in [-0.4, -0.2) is 35.2 Å². The minimum atomic E-state index is -0.388. The van der Waals surface area contributed by atoms with Crippen molar-refractivity contribution in [1.82, 2.24) is 15.0 Å². The van der Waals surface area contributed by atoms with Crippen LogP contribution in [0, 0.1) is 0 Å². The van der Waals surface area contributed by atoms with Crippen LogP contribution < -0.4 is 5.32 Å². The molecular formula is C7H10N4O2. The smallest absolute Gasteiger partial charge is 0.290 e. The second-order valence-corrected chi connectivity index (χ2v) is 2.20. The van der Waals surface area contributed by atoms with Gasteiger partial charge in [-0.25, -0.2) is 19.8 Å². The standard InChI is InChI=1S/C7H10N4O2/c1-11(13-2)7(12)10-6-3-4-8-5-9-6/h3-5H,1-2H3,(H,8,9,10,12). The summed E-state index contributed by atoms with van der Waals surface area (Å²) in [7, 11) is 2.90. The van der Waals surface area contributed by atoms with E-state index in [0.717, 1.165) is 5.06 Å². The Labute approximate surface area is 75.5 Å². The van der Waals surface area contributed by atoms with Gasteiger partial charge in [0.05, 0.1) is 7.11 Å². The van der Waals surface area contributed by atoms with Gasteiger partial charge in [-0.3, -0.25) is 10.2 Å². The van der Waals surface area contributed by atoms with Crippen molar-refractivity contribution in [3.63, 3.8) is 0 Å². The Morgan fingerprint density at radius 1 is 1.69 bits per heavy atom. The van der Waals surface area contributed by atoms with E-state index in [2.05, 4.69) is 20.1 Å². The molecule has 0 saturated carbocycles. The van der Waals surface area contributed by atoms with E-state index >= 15 is 0 Å². The van der Waals surface area contributed by atoms with Crippen LogP contribution in [0.1, 0.15) is 0 Å². The number of hydrogen-bond donors (Lipinski definition) is 1. The van der Waals surface area contributed by atoms with Gasteiger partial charge < -0.3 is 0 Å². The summed E-state index contributed by atoms with van der Waals surface area (Å²) in [6.07, 6.45) is 2.89. The molecule has 0 unspecified atom stereocenters. The van der Waals surface area contributed by atoms with E-state index in [0.29, 0.717) is 5.82 Å². The molecule has 1 aromatic rings. The van der Waals surface area contributed by atoms with Gasteiger partial charge in [-0.15, -0.1) is 0 Å². The number of nitrogens with one attached hydrogen (secondary N) is 1. The fourth-order valence-electron chi connectivity index (χ4n) is 0.636. The molecule has 6 heteroatoms. The van der Waals surface area contributed by atoms with Crippen LogP contribution in [0.4, 0.5) is 10.6 Å². The van der Waals surface area contributed by atoms with Crippen molar-refractivity contribution < 1.29 is 9.63 Å². The zero-order valence-electron chi connectivity index (χ0n) is 7.39. The summed E-state index contributed by atoms with van der Waals surface area (Å²) in [4.78, 5) is 23.4. The van der Waals surface area contributed by atoms with Crippen molar-refractivity contribution in [1.29, 1.82) is 0 Å². The number of aromatic nitrogens is 2. The molecule has 1 N–H and O–H groups in total. The molecule has 0 fully saturated rings. The van der Waals surface area contributed by atoms with Crippen LogP contribution in [0.2, 0.25) is 0 Å². The summed E-state index contributed by atoms with van der Waals surface area (Å²) in [5.41, 5.74) is 0. The van der Waals surface area contributed by atoms with Crippen molar-refractivity contribution >= 4 is 11.8 Å². The lowest BCUT2D eigenvalue weighted by atomic mass is 10.6. The van der Waals surface area contributed by atoms with Crippen LogP contribution in [0.25, 0.3) is 0 Å². The molecule has 1 heterocycles. The molecule has 0 atom stereocenters. The minimum Gasteiger partial charge on any atom is -0.290 e. The highest BCUT2D eigenvalue weighted by atomic mass is 16.7. The predicted molar refractivity (Wildman–Crippen MR) is 45.8 cm³/mol. The Balaban J connectivity index is 2.55. The number of urea groups is 1. The largest absolute Gasteiger partial charge is 0.346 e. The van der Waals surface area contributed by atoms with E-state index in [1.165, 1.54) is 26.7 Å². The number of nitrogens with zero attached hydrogens (tertiary/aromatic N) is 3. The van der Waals surface area contributed by atoms with Gasteiger partial charge in [0, 0.05) is 13.2 Å². The summed E-state index contributed by atoms with van der Waals surface area (Å²) in [6, 6.07) is 1.20. The molecule has 0 aliphatic carbocycles. The monoisotopic (exact) mass is 182 g/mol. The molecule has 0 spiro atoms. The van der Waals surface area contributed by atoms with Crippen LogP contribution in [0.3, 0.4) is 0 Å². The highest BCUT2D eigenvalue weighted by Gasteiger charge is 2.07. The zero-order chi connectivity index (χ0) is 9.68. The van der Waals surface area contributed by atoms with Crippen LogP contribution in [0.5, 0.6) is 0 Å². The van der Waals surface area contributed by atoms with E-state index in [1.807, 2.05) is 0 Å². The number of carbonyl (C=O) groups excluding carboxylic acids is 1. The lowest BCUT2D eigenvalue weighted by molar-refractivity contribution is -0.0598. The molecular weight excluding hydrogens is 172 g/mol. The second kappa shape index (κ2) is 4.36. The molecule has 70 valence electrons. The molecule has 0 aliphatic rings. The first-order valence-corrected chi connectivity index (χ1v) is 3.59. The van der Waals surface area contributed by atoms with Gasteiger partial charge in [0.15, 0.2) is 0 Å². The van der Waals surface area contributed by atoms with E-state index in [-0.39, 0.29) is 6.03 Å². The first kappa shape index (κ1) is 9.40. The fraction of sp³-hybridized carbons (Fsp3) is 0.286. The summed E-state index contributed by atoms with van der Waals surface area (Å²) >= 11 is 0. The summed E-state index contributed by atoms with van der Waals surface area (Å²) in [6.45, 7) is 0. The quantitative estimate of drug-likeness (QED) is 0.676. The van der Waals surface area contributed by atoms with Crippen LogP contribution in [-0.2, 0) is 4.84 Å². The van der Waals surface area contributed by atoms with Gasteiger partial charge in [-0.2, -0.15) is 0 Å². The van der Waals surface area contributed by atoms with E-state index in [1.54, 1.807) is 6.07 Å². The van der Waals surface area contributed by atoms with Crippen molar-refractivity contribution in [2.45, 2.75) is 0 Å². The first-order valence-electron chi connectivity index (χ1n) is 3.59.